The number of benzene rings is 3. The third-order valence-electron chi connectivity index (χ3n) is 5.35. The molecule has 46 heavy (non-hydrogen) atoms. The number of hydrogen-bond donors (Lipinski definition) is 2. The summed E-state index contributed by atoms with van der Waals surface area (Å²) < 4.78 is 44.0. The first-order valence-electron chi connectivity index (χ1n) is 11.5. The van der Waals surface area contributed by atoms with Crippen LogP contribution in [-0.4, -0.2) is 47.9 Å². The van der Waals surface area contributed by atoms with E-state index >= 15 is 0 Å². The maximum atomic E-state index is 12.8. The summed E-state index contributed by atoms with van der Waals surface area (Å²) in [7, 11) is -2.56. The molecule has 0 aliphatic carbocycles. The predicted octanol–water partition coefficient (Wildman–Crippen LogP) is -1.98. The van der Waals surface area contributed by atoms with E-state index in [4.69, 9.17) is 32.1 Å². The molecule has 1 aromatic heterocycles. The van der Waals surface area contributed by atoms with E-state index in [1.54, 1.807) is 18.2 Å². The van der Waals surface area contributed by atoms with Crippen LogP contribution in [0.3, 0.4) is 0 Å². The van der Waals surface area contributed by atoms with Gasteiger partial charge in [0.25, 0.3) is 0 Å². The molecule has 0 aliphatic rings. The van der Waals surface area contributed by atoms with Crippen molar-refractivity contribution >= 4 is 91.2 Å². The Morgan fingerprint density at radius 3 is 2.37 bits per heavy atom. The van der Waals surface area contributed by atoms with E-state index in [9.17, 15) is 24.0 Å². The van der Waals surface area contributed by atoms with Gasteiger partial charge >= 0.3 is 59.1 Å². The summed E-state index contributed by atoms with van der Waals surface area (Å²) >= 11 is 12.3. The van der Waals surface area contributed by atoms with Crippen LogP contribution in [0.15, 0.2) is 62.5 Å². The number of nitrogens with one attached hydrogen (secondary N) is 1. The molecular formula is C22H16Cl2N6Na2O11S3. The number of anilines is 2. The minimum absolute atomic E-state index is 0. The summed E-state index contributed by atoms with van der Waals surface area (Å²) in [6.45, 7) is -0.332. The number of phenolic OH excluding ortho intramolecular Hbond substituents is 1. The van der Waals surface area contributed by atoms with Crippen LogP contribution in [-0.2, 0) is 32.8 Å². The van der Waals surface area contributed by atoms with Crippen molar-refractivity contribution in [3.05, 3.63) is 53.0 Å². The van der Waals surface area contributed by atoms with E-state index in [0.717, 1.165) is 0 Å². The number of rotatable bonds is 15. The van der Waals surface area contributed by atoms with Crippen molar-refractivity contribution in [3.63, 3.8) is 0 Å². The zero-order valence-electron chi connectivity index (χ0n) is 23.7. The molecule has 0 amide bonds. The number of aromatic hydroxyl groups is 1. The number of hydrogen-bond acceptors (Lipinski definition) is 19. The standard InChI is InChI=1S/C22H18Cl2N6O11S3.2Na/c1-36-16-5-3-13(44(34,35)7-6-37-43-41-39-33)10-15(16)29-30-18-17(42-40-38-32)9-11-8-12(2-4-14(11)19(18)31)25-22-27-20(23)26-21(24)28-22;;/h2-5,8-10,31-33H,6-7H2,1H3,(H,25,26,27,28);;/q;2*+1/p-2. The normalized spacial score (nSPS) is 11.3. The third kappa shape index (κ3) is 11.2. The topological polar surface area (TPSA) is 231 Å². The molecule has 1 heterocycles. The average molecular weight is 753 g/mol. The van der Waals surface area contributed by atoms with Gasteiger partial charge in [0.05, 0.1) is 41.3 Å². The summed E-state index contributed by atoms with van der Waals surface area (Å²) in [5.41, 5.74) is 0.315. The van der Waals surface area contributed by atoms with E-state index in [1.165, 1.54) is 31.4 Å². The Morgan fingerprint density at radius 2 is 1.70 bits per heavy atom. The van der Waals surface area contributed by atoms with Crippen LogP contribution in [0.25, 0.3) is 10.8 Å². The molecule has 0 bridgehead atoms. The van der Waals surface area contributed by atoms with Crippen molar-refractivity contribution in [2.24, 2.45) is 10.2 Å². The number of phenols is 1. The summed E-state index contributed by atoms with van der Waals surface area (Å²) in [6, 6.07) is 10.1. The fraction of sp³-hybridized carbons (Fsp3) is 0.136. The van der Waals surface area contributed by atoms with Crippen molar-refractivity contribution in [1.82, 2.24) is 15.0 Å². The van der Waals surface area contributed by atoms with Crippen LogP contribution in [0.2, 0.25) is 10.6 Å². The summed E-state index contributed by atoms with van der Waals surface area (Å²) in [5, 5.41) is 49.7. The van der Waals surface area contributed by atoms with Crippen LogP contribution < -0.4 is 79.7 Å². The second kappa shape index (κ2) is 19.8. The Morgan fingerprint density at radius 1 is 0.978 bits per heavy atom. The largest absolute Gasteiger partial charge is 1.00 e. The van der Waals surface area contributed by atoms with Gasteiger partial charge in [-0.15, -0.1) is 14.6 Å². The molecule has 0 aliphatic heterocycles. The number of methoxy groups -OCH3 is 1. The Hall–Kier alpha value is -1.12. The second-order valence-corrected chi connectivity index (χ2v) is 12.0. The zero-order chi connectivity index (χ0) is 31.7. The van der Waals surface area contributed by atoms with E-state index in [0.29, 0.717) is 28.5 Å². The maximum Gasteiger partial charge on any atom is 1.00 e. The summed E-state index contributed by atoms with van der Waals surface area (Å²) in [4.78, 5) is 11.5. The Balaban J connectivity index is 0.00000368. The van der Waals surface area contributed by atoms with Crippen molar-refractivity contribution in [2.45, 2.75) is 9.79 Å². The van der Waals surface area contributed by atoms with Crippen molar-refractivity contribution < 1.29 is 111 Å². The van der Waals surface area contributed by atoms with Crippen LogP contribution in [0.5, 0.6) is 11.5 Å². The third-order valence-corrected chi connectivity index (χ3v) is 8.35. The molecule has 234 valence electrons. The molecule has 3 aromatic carbocycles. The molecule has 0 radical (unpaired) electrons. The smallest absolute Gasteiger partial charge is 0.691 e. The van der Waals surface area contributed by atoms with Gasteiger partial charge in [0.15, 0.2) is 27.9 Å². The summed E-state index contributed by atoms with van der Waals surface area (Å²) in [5.74, 6) is -0.617. The number of nitrogens with zero attached hydrogens (tertiary/aromatic N) is 5. The SMILES string of the molecule is COc1ccc(S(=O)(=O)CCOSOO[O-])cc1N=Nc1c(SOO[O-])cc2cc(Nc3nc(Cl)nc(Cl)n3)ccc2c1O.[Na+].[Na+]. The second-order valence-electron chi connectivity index (χ2n) is 7.93. The molecule has 0 spiro atoms. The first-order chi connectivity index (χ1) is 21.1. The summed E-state index contributed by atoms with van der Waals surface area (Å²) in [6.07, 6.45) is 0. The van der Waals surface area contributed by atoms with Gasteiger partial charge in [-0.1, -0.05) is 0 Å². The quantitative estimate of drug-likeness (QED) is 0.0335. The molecule has 0 saturated heterocycles. The monoisotopic (exact) mass is 752 g/mol. The van der Waals surface area contributed by atoms with Crippen molar-refractivity contribution in [2.75, 3.05) is 24.8 Å². The number of aromatic nitrogens is 3. The molecule has 0 atom stereocenters. The minimum Gasteiger partial charge on any atom is -0.691 e. The molecule has 2 N–H and O–H groups in total. The zero-order valence-corrected chi connectivity index (χ0v) is 31.7. The van der Waals surface area contributed by atoms with Gasteiger partial charge in [-0.05, 0) is 71.1 Å². The number of azo groups is 1. The van der Waals surface area contributed by atoms with E-state index in [2.05, 4.69) is 49.2 Å². The van der Waals surface area contributed by atoms with Crippen LogP contribution in [0.4, 0.5) is 23.0 Å². The molecule has 0 saturated carbocycles. The van der Waals surface area contributed by atoms with Gasteiger partial charge in [-0.25, -0.2) is 8.42 Å². The van der Waals surface area contributed by atoms with E-state index in [1.807, 2.05) is 0 Å². The molecule has 4 aromatic rings. The fourth-order valence-corrected chi connectivity index (χ4v) is 5.80. The van der Waals surface area contributed by atoms with Crippen LogP contribution in [0.1, 0.15) is 0 Å². The van der Waals surface area contributed by atoms with Crippen LogP contribution in [0, 0.1) is 0 Å². The molecule has 0 fully saturated rings. The van der Waals surface area contributed by atoms with Crippen molar-refractivity contribution in [3.8, 4) is 11.5 Å². The van der Waals surface area contributed by atoms with Gasteiger partial charge in [0.2, 0.25) is 16.5 Å². The first-order valence-corrected chi connectivity index (χ1v) is 15.3. The van der Waals surface area contributed by atoms with E-state index in [-0.39, 0.29) is 127 Å². The number of halogens is 2. The van der Waals surface area contributed by atoms with E-state index < -0.39 is 15.6 Å². The van der Waals surface area contributed by atoms with Gasteiger partial charge in [-0.2, -0.15) is 19.3 Å². The predicted molar refractivity (Wildman–Crippen MR) is 152 cm³/mol. The molecule has 24 heteroatoms. The molecule has 0 unspecified atom stereocenters. The minimum atomic E-state index is -3.89. The molecular weight excluding hydrogens is 737 g/mol. The average Bonchev–Trinajstić information content (AvgIpc) is 2.98. The Kier molecular flexibility index (Phi) is 17.6. The van der Waals surface area contributed by atoms with Crippen molar-refractivity contribution in [1.29, 1.82) is 0 Å². The number of ether oxygens (including phenoxy) is 1. The maximum absolute atomic E-state index is 12.8. The first kappa shape index (κ1) is 41.1. The Bertz CT molecular complexity index is 1760. The molecule has 4 rings (SSSR count). The van der Waals surface area contributed by atoms with Gasteiger partial charge in [0.1, 0.15) is 17.1 Å². The van der Waals surface area contributed by atoms with Gasteiger partial charge in [0, 0.05) is 11.1 Å². The Labute approximate surface area is 323 Å². The van der Waals surface area contributed by atoms with Gasteiger partial charge < -0.3 is 25.7 Å². The molecule has 17 nitrogen and oxygen atoms in total. The van der Waals surface area contributed by atoms with Gasteiger partial charge in [-0.3, -0.25) is 14.3 Å². The number of sulfone groups is 1. The van der Waals surface area contributed by atoms with Crippen LogP contribution >= 0.6 is 47.6 Å². The fourth-order valence-electron chi connectivity index (χ4n) is 3.52. The number of fused-ring (bicyclic) bond motifs is 1.